The zero-order valence-corrected chi connectivity index (χ0v) is 15.7. The molecule has 31 heavy (non-hydrogen) atoms. The highest BCUT2D eigenvalue weighted by atomic mass is 19.4. The Balaban J connectivity index is 1.53. The first-order chi connectivity index (χ1) is 14.8. The fourth-order valence-electron chi connectivity index (χ4n) is 3.13. The monoisotopic (exact) mass is 429 g/mol. The van der Waals surface area contributed by atoms with Crippen LogP contribution in [0, 0.1) is 0 Å². The zero-order valence-electron chi connectivity index (χ0n) is 15.7. The lowest BCUT2D eigenvalue weighted by Gasteiger charge is -2.12. The zero-order chi connectivity index (χ0) is 22.2. The number of hydrogen-bond acceptors (Lipinski definition) is 5. The molecule has 0 spiro atoms. The van der Waals surface area contributed by atoms with Crippen molar-refractivity contribution in [2.24, 2.45) is 0 Å². The lowest BCUT2D eigenvalue weighted by atomic mass is 10.1. The lowest BCUT2D eigenvalue weighted by Crippen LogP contribution is -2.15. The Bertz CT molecular complexity index is 1290. The van der Waals surface area contributed by atoms with Crippen LogP contribution in [-0.2, 0) is 10.9 Å². The van der Waals surface area contributed by atoms with Gasteiger partial charge >= 0.3 is 12.1 Å². The molecule has 0 saturated heterocycles. The van der Waals surface area contributed by atoms with E-state index in [1.54, 1.807) is 24.3 Å². The number of fused-ring (bicyclic) bond motifs is 1. The van der Waals surface area contributed by atoms with E-state index in [1.807, 2.05) is 0 Å². The number of benzene rings is 2. The molecule has 0 radical (unpaired) electrons. The SMILES string of the molecule is O=C(OCC(=O)c1c[nH]c2ccccc12)c1nn(-c2ccccc2C(F)(F)F)cc1O. The molecule has 0 saturated carbocycles. The fourth-order valence-corrected chi connectivity index (χ4v) is 3.13. The second kappa shape index (κ2) is 7.63. The minimum Gasteiger partial charge on any atom is -0.504 e. The number of nitrogens with zero attached hydrogens (tertiary/aromatic N) is 2. The molecule has 4 aromatic rings. The topological polar surface area (TPSA) is 97.2 Å². The molecule has 7 nitrogen and oxygen atoms in total. The summed E-state index contributed by atoms with van der Waals surface area (Å²) in [6.07, 6.45) is -2.31. The second-order valence-electron chi connectivity index (χ2n) is 6.57. The number of nitrogens with one attached hydrogen (secondary N) is 1. The molecule has 4 rings (SSSR count). The number of rotatable bonds is 5. The van der Waals surface area contributed by atoms with Crippen molar-refractivity contribution in [1.82, 2.24) is 14.8 Å². The molecule has 2 heterocycles. The molecular formula is C21H14F3N3O4. The van der Waals surface area contributed by atoms with Gasteiger partial charge in [0.25, 0.3) is 0 Å². The van der Waals surface area contributed by atoms with Crippen LogP contribution in [0.3, 0.4) is 0 Å². The van der Waals surface area contributed by atoms with Gasteiger partial charge < -0.3 is 14.8 Å². The summed E-state index contributed by atoms with van der Waals surface area (Å²) in [5, 5.41) is 14.4. The first-order valence-electron chi connectivity index (χ1n) is 8.97. The molecule has 2 N–H and O–H groups in total. The number of esters is 1. The number of carbonyl (C=O) groups is 2. The molecule has 158 valence electrons. The molecular weight excluding hydrogens is 415 g/mol. The maximum atomic E-state index is 13.2. The largest absolute Gasteiger partial charge is 0.504 e. The maximum Gasteiger partial charge on any atom is 0.418 e. The number of para-hydroxylation sites is 2. The van der Waals surface area contributed by atoms with Gasteiger partial charge in [-0.05, 0) is 18.2 Å². The van der Waals surface area contributed by atoms with Gasteiger partial charge in [0.2, 0.25) is 11.5 Å². The van der Waals surface area contributed by atoms with Crippen LogP contribution < -0.4 is 0 Å². The number of ether oxygens (including phenoxy) is 1. The number of aromatic amines is 1. The molecule has 0 aliphatic rings. The van der Waals surface area contributed by atoms with Crippen molar-refractivity contribution in [2.75, 3.05) is 6.61 Å². The number of hydrogen-bond donors (Lipinski definition) is 2. The Labute approximate surface area is 172 Å². The van der Waals surface area contributed by atoms with Gasteiger partial charge in [0, 0.05) is 22.7 Å². The number of alkyl halides is 3. The van der Waals surface area contributed by atoms with Gasteiger partial charge in [-0.3, -0.25) is 4.79 Å². The van der Waals surface area contributed by atoms with Crippen LogP contribution >= 0.6 is 0 Å². The molecule has 0 bridgehead atoms. The summed E-state index contributed by atoms with van der Waals surface area (Å²) in [7, 11) is 0. The highest BCUT2D eigenvalue weighted by Crippen LogP contribution is 2.34. The summed E-state index contributed by atoms with van der Waals surface area (Å²) in [4.78, 5) is 27.6. The Hall–Kier alpha value is -4.08. The van der Waals surface area contributed by atoms with E-state index in [4.69, 9.17) is 4.74 Å². The normalized spacial score (nSPS) is 11.6. The predicted molar refractivity (Wildman–Crippen MR) is 103 cm³/mol. The lowest BCUT2D eigenvalue weighted by molar-refractivity contribution is -0.137. The Morgan fingerprint density at radius 1 is 1.10 bits per heavy atom. The van der Waals surface area contributed by atoms with Crippen molar-refractivity contribution < 1.29 is 32.6 Å². The fraction of sp³-hybridized carbons (Fsp3) is 0.0952. The first kappa shape index (κ1) is 20.2. The average Bonchev–Trinajstić information content (AvgIpc) is 3.35. The van der Waals surface area contributed by atoms with E-state index < -0.39 is 41.5 Å². The molecule has 2 aromatic carbocycles. The van der Waals surface area contributed by atoms with Gasteiger partial charge in [-0.25, -0.2) is 9.48 Å². The molecule has 0 aliphatic heterocycles. The summed E-state index contributed by atoms with van der Waals surface area (Å²) in [5.74, 6) is -2.32. The molecule has 0 amide bonds. The van der Waals surface area contributed by atoms with Gasteiger partial charge in [-0.1, -0.05) is 30.3 Å². The minimum atomic E-state index is -4.66. The van der Waals surface area contributed by atoms with Gasteiger partial charge in [0.15, 0.2) is 12.4 Å². The Kier molecular flexibility index (Phi) is 4.97. The van der Waals surface area contributed by atoms with E-state index in [1.165, 1.54) is 18.3 Å². The number of H-pyrrole nitrogens is 1. The Morgan fingerprint density at radius 2 is 1.81 bits per heavy atom. The molecule has 0 aliphatic carbocycles. The third kappa shape index (κ3) is 3.87. The summed E-state index contributed by atoms with van der Waals surface area (Å²) < 4.78 is 45.3. The molecule has 0 unspecified atom stereocenters. The summed E-state index contributed by atoms with van der Waals surface area (Å²) in [6, 6.07) is 11.6. The van der Waals surface area contributed by atoms with E-state index >= 15 is 0 Å². The van der Waals surface area contributed by atoms with E-state index in [0.29, 0.717) is 10.9 Å². The van der Waals surface area contributed by atoms with Crippen LogP contribution in [-0.4, -0.2) is 38.2 Å². The summed E-state index contributed by atoms with van der Waals surface area (Å²) in [5.41, 5.74) is -0.927. The summed E-state index contributed by atoms with van der Waals surface area (Å²) >= 11 is 0. The van der Waals surface area contributed by atoms with E-state index in [9.17, 15) is 27.9 Å². The van der Waals surface area contributed by atoms with Gasteiger partial charge in [0.1, 0.15) is 0 Å². The van der Waals surface area contributed by atoms with Gasteiger partial charge in [-0.2, -0.15) is 18.3 Å². The van der Waals surface area contributed by atoms with Crippen LogP contribution in [0.1, 0.15) is 26.4 Å². The Morgan fingerprint density at radius 3 is 2.58 bits per heavy atom. The molecule has 0 fully saturated rings. The number of carbonyl (C=O) groups excluding carboxylic acids is 2. The molecule has 0 atom stereocenters. The van der Waals surface area contributed by atoms with Crippen LogP contribution in [0.5, 0.6) is 5.75 Å². The third-order valence-corrected chi connectivity index (χ3v) is 4.57. The number of aromatic nitrogens is 3. The van der Waals surface area contributed by atoms with Crippen molar-refractivity contribution in [3.8, 4) is 11.4 Å². The first-order valence-corrected chi connectivity index (χ1v) is 8.97. The van der Waals surface area contributed by atoms with Crippen molar-refractivity contribution in [1.29, 1.82) is 0 Å². The van der Waals surface area contributed by atoms with Gasteiger partial charge in [-0.15, -0.1) is 0 Å². The van der Waals surface area contributed by atoms with Gasteiger partial charge in [0.05, 0.1) is 17.4 Å². The van der Waals surface area contributed by atoms with Crippen LogP contribution in [0.2, 0.25) is 0 Å². The van der Waals surface area contributed by atoms with E-state index in [2.05, 4.69) is 10.1 Å². The van der Waals surface area contributed by atoms with Crippen molar-refractivity contribution >= 4 is 22.7 Å². The van der Waals surface area contributed by atoms with Crippen molar-refractivity contribution in [3.05, 3.63) is 77.7 Å². The quantitative estimate of drug-likeness (QED) is 0.368. The number of Topliss-reactive ketones (excluding diaryl/α,β-unsaturated/α-hetero) is 1. The molecule has 2 aromatic heterocycles. The third-order valence-electron chi connectivity index (χ3n) is 4.57. The number of halogens is 3. The van der Waals surface area contributed by atoms with Crippen molar-refractivity contribution in [3.63, 3.8) is 0 Å². The number of ketones is 1. The smallest absolute Gasteiger partial charge is 0.418 e. The van der Waals surface area contributed by atoms with E-state index in [0.717, 1.165) is 28.5 Å². The predicted octanol–water partition coefficient (Wildman–Crippen LogP) is 4.12. The van der Waals surface area contributed by atoms with E-state index in [-0.39, 0.29) is 5.69 Å². The average molecular weight is 429 g/mol. The van der Waals surface area contributed by atoms with Crippen LogP contribution in [0.25, 0.3) is 16.6 Å². The minimum absolute atomic E-state index is 0.317. The highest BCUT2D eigenvalue weighted by Gasteiger charge is 2.34. The number of aromatic hydroxyl groups is 1. The maximum absolute atomic E-state index is 13.2. The second-order valence-corrected chi connectivity index (χ2v) is 6.57. The van der Waals surface area contributed by atoms with Crippen molar-refractivity contribution in [2.45, 2.75) is 6.18 Å². The standard InChI is InChI=1S/C21H14F3N3O4/c22-21(23,24)14-6-2-4-8-16(14)27-10-17(28)19(26-27)20(30)31-11-18(29)13-9-25-15-7-3-1-5-12(13)15/h1-10,25,28H,11H2. The molecule has 10 heteroatoms. The van der Waals surface area contributed by atoms with Crippen LogP contribution in [0.4, 0.5) is 13.2 Å². The van der Waals surface area contributed by atoms with Crippen LogP contribution in [0.15, 0.2) is 60.9 Å². The summed E-state index contributed by atoms with van der Waals surface area (Å²) in [6.45, 7) is -0.633. The highest BCUT2D eigenvalue weighted by molar-refractivity contribution is 6.09.